The molecule has 188 valence electrons. The van der Waals surface area contributed by atoms with E-state index in [1.54, 1.807) is 6.92 Å². The lowest BCUT2D eigenvalue weighted by Crippen LogP contribution is -2.41. The topological polar surface area (TPSA) is 93.1 Å². The van der Waals surface area contributed by atoms with Crippen molar-refractivity contribution in [1.82, 2.24) is 0 Å². The summed E-state index contributed by atoms with van der Waals surface area (Å²) in [6, 6.07) is 0. The molecule has 6 nitrogen and oxygen atoms in total. The average Bonchev–Trinajstić information content (AvgIpc) is 2.73. The molecule has 0 amide bonds. The Morgan fingerprint density at radius 1 is 0.742 bits per heavy atom. The minimum Gasteiger partial charge on any atom is -0.396 e. The summed E-state index contributed by atoms with van der Waals surface area (Å²) in [5.41, 5.74) is -1.08. The van der Waals surface area contributed by atoms with Crippen LogP contribution >= 0.6 is 0 Å². The van der Waals surface area contributed by atoms with Crippen LogP contribution < -0.4 is 0 Å². The summed E-state index contributed by atoms with van der Waals surface area (Å²) in [6.45, 7) is 3.72. The predicted octanol–water partition coefficient (Wildman–Crippen LogP) is 5.91. The molecular weight excluding hydrogens is 416 g/mol. The van der Waals surface area contributed by atoms with Gasteiger partial charge in [-0.25, -0.2) is 4.18 Å². The molecule has 2 unspecified atom stereocenters. The first kappa shape index (κ1) is 30.8. The highest BCUT2D eigenvalue weighted by molar-refractivity contribution is 7.81. The largest absolute Gasteiger partial charge is 0.400 e. The summed E-state index contributed by atoms with van der Waals surface area (Å²) >= 11 is 0. The third kappa shape index (κ3) is 16.1. The lowest BCUT2D eigenvalue weighted by Gasteiger charge is -2.36. The molecule has 0 fully saturated rings. The van der Waals surface area contributed by atoms with Crippen molar-refractivity contribution in [1.29, 1.82) is 0 Å². The van der Waals surface area contributed by atoms with E-state index in [1.165, 1.54) is 77.0 Å². The molecule has 0 saturated carbocycles. The van der Waals surface area contributed by atoms with Gasteiger partial charge < -0.3 is 10.2 Å². The van der Waals surface area contributed by atoms with Crippen LogP contribution in [0.3, 0.4) is 0 Å². The maximum Gasteiger partial charge on any atom is 0.400 e. The number of aliphatic hydroxyl groups excluding tert-OH is 2. The molecule has 0 heterocycles. The second-order valence-corrected chi connectivity index (χ2v) is 10.4. The average molecular weight is 467 g/mol. The molecule has 0 aromatic heterocycles. The molecule has 0 aromatic carbocycles. The van der Waals surface area contributed by atoms with E-state index in [9.17, 15) is 18.6 Å². The zero-order valence-electron chi connectivity index (χ0n) is 20.4. The van der Waals surface area contributed by atoms with Crippen molar-refractivity contribution in [3.63, 3.8) is 0 Å². The molecular formula is C24H50O6S. The number of unbranched alkanes of at least 4 members (excludes halogenated alkanes) is 13. The Kier molecular flexibility index (Phi) is 19.1. The molecule has 0 bridgehead atoms. The molecule has 0 radical (unpaired) electrons. The van der Waals surface area contributed by atoms with E-state index in [0.29, 0.717) is 6.42 Å². The summed E-state index contributed by atoms with van der Waals surface area (Å²) in [5.74, 6) is -0.160. The van der Waals surface area contributed by atoms with Gasteiger partial charge in [-0.15, -0.1) is 0 Å². The summed E-state index contributed by atoms with van der Waals surface area (Å²) in [6.07, 6.45) is 19.4. The molecule has 0 aliphatic rings. The fourth-order valence-corrected chi connectivity index (χ4v) is 5.05. The standard InChI is InChI=1S/C24H50O6S/c1-4-5-6-7-8-9-10-11-12-13-14-15-16-17-18-23(19-21-25)24(2,20-22-26)30-31(27,28)29-3/h23,25-26H,4-22H2,1-3H3. The van der Waals surface area contributed by atoms with Gasteiger partial charge in [0, 0.05) is 19.6 Å². The van der Waals surface area contributed by atoms with Gasteiger partial charge in [0.25, 0.3) is 0 Å². The Balaban J connectivity index is 4.05. The Morgan fingerprint density at radius 2 is 1.19 bits per heavy atom. The van der Waals surface area contributed by atoms with Gasteiger partial charge in [-0.1, -0.05) is 96.8 Å². The maximum absolute atomic E-state index is 11.8. The maximum atomic E-state index is 11.8. The SMILES string of the molecule is CCCCCCCCCCCCCCCCC(CCO)C(C)(CCO)OS(=O)(=O)OC. The van der Waals surface area contributed by atoms with Crippen LogP contribution in [-0.2, 0) is 18.8 Å². The van der Waals surface area contributed by atoms with Crippen LogP contribution in [0, 0.1) is 5.92 Å². The second kappa shape index (κ2) is 19.3. The van der Waals surface area contributed by atoms with Gasteiger partial charge in [-0.2, -0.15) is 8.42 Å². The molecule has 7 heteroatoms. The molecule has 2 N–H and O–H groups in total. The smallest absolute Gasteiger partial charge is 0.396 e. The van der Waals surface area contributed by atoms with Crippen molar-refractivity contribution in [3.8, 4) is 0 Å². The van der Waals surface area contributed by atoms with Crippen LogP contribution in [0.4, 0.5) is 0 Å². The Labute approximate surface area is 192 Å². The van der Waals surface area contributed by atoms with Gasteiger partial charge in [0.05, 0.1) is 12.7 Å². The van der Waals surface area contributed by atoms with E-state index in [0.717, 1.165) is 26.4 Å². The molecule has 0 aliphatic carbocycles. The predicted molar refractivity (Wildman–Crippen MR) is 127 cm³/mol. The van der Waals surface area contributed by atoms with E-state index in [4.69, 9.17) is 4.18 Å². The van der Waals surface area contributed by atoms with Crippen molar-refractivity contribution in [2.24, 2.45) is 5.92 Å². The highest BCUT2D eigenvalue weighted by Gasteiger charge is 2.38. The normalized spacial score (nSPS) is 15.1. The zero-order valence-corrected chi connectivity index (χ0v) is 21.3. The molecule has 2 atom stereocenters. The van der Waals surface area contributed by atoms with E-state index < -0.39 is 16.0 Å². The van der Waals surface area contributed by atoms with Crippen molar-refractivity contribution >= 4 is 10.4 Å². The fraction of sp³-hybridized carbons (Fsp3) is 1.00. The second-order valence-electron chi connectivity index (χ2n) is 9.04. The fourth-order valence-electron chi connectivity index (χ4n) is 4.30. The van der Waals surface area contributed by atoms with Gasteiger partial charge in [-0.3, -0.25) is 4.18 Å². The molecule has 31 heavy (non-hydrogen) atoms. The van der Waals surface area contributed by atoms with Gasteiger partial charge >= 0.3 is 10.4 Å². The Bertz CT molecular complexity index is 496. The molecule has 0 aliphatic heterocycles. The molecule has 0 aromatic rings. The summed E-state index contributed by atoms with van der Waals surface area (Å²) < 4.78 is 33.3. The summed E-state index contributed by atoms with van der Waals surface area (Å²) in [7, 11) is -3.06. The van der Waals surface area contributed by atoms with Crippen LogP contribution in [0.5, 0.6) is 0 Å². The van der Waals surface area contributed by atoms with Crippen LogP contribution in [0.15, 0.2) is 0 Å². The lowest BCUT2D eigenvalue weighted by atomic mass is 9.80. The third-order valence-electron chi connectivity index (χ3n) is 6.35. The van der Waals surface area contributed by atoms with Gasteiger partial charge in [0.1, 0.15) is 0 Å². The van der Waals surface area contributed by atoms with Gasteiger partial charge in [0.15, 0.2) is 0 Å². The van der Waals surface area contributed by atoms with Gasteiger partial charge in [-0.05, 0) is 25.7 Å². The van der Waals surface area contributed by atoms with Crippen molar-refractivity contribution in [2.75, 3.05) is 20.3 Å². The third-order valence-corrected chi connectivity index (χ3v) is 7.35. The number of aliphatic hydroxyl groups is 2. The monoisotopic (exact) mass is 466 g/mol. The number of rotatable bonds is 23. The first-order chi connectivity index (χ1) is 14.8. The molecule has 0 spiro atoms. The van der Waals surface area contributed by atoms with E-state index in [2.05, 4.69) is 11.1 Å². The zero-order chi connectivity index (χ0) is 23.4. The van der Waals surface area contributed by atoms with E-state index >= 15 is 0 Å². The van der Waals surface area contributed by atoms with Crippen LogP contribution in [-0.4, -0.2) is 44.6 Å². The highest BCUT2D eigenvalue weighted by Crippen LogP contribution is 2.34. The van der Waals surface area contributed by atoms with Crippen molar-refractivity contribution in [2.45, 2.75) is 129 Å². The minimum absolute atomic E-state index is 0.0410. The number of hydrogen-bond donors (Lipinski definition) is 2. The molecule has 0 rings (SSSR count). The number of hydrogen-bond acceptors (Lipinski definition) is 6. The summed E-state index contributed by atoms with van der Waals surface area (Å²) in [5, 5.41) is 18.8. The molecule has 0 saturated heterocycles. The summed E-state index contributed by atoms with van der Waals surface area (Å²) in [4.78, 5) is 0. The van der Waals surface area contributed by atoms with Crippen molar-refractivity contribution in [3.05, 3.63) is 0 Å². The van der Waals surface area contributed by atoms with Crippen LogP contribution in [0.2, 0.25) is 0 Å². The first-order valence-electron chi connectivity index (χ1n) is 12.6. The Morgan fingerprint density at radius 3 is 1.58 bits per heavy atom. The van der Waals surface area contributed by atoms with E-state index in [1.807, 2.05) is 0 Å². The Hall–Kier alpha value is -0.210. The van der Waals surface area contributed by atoms with Crippen LogP contribution in [0.1, 0.15) is 123 Å². The van der Waals surface area contributed by atoms with Crippen LogP contribution in [0.25, 0.3) is 0 Å². The van der Waals surface area contributed by atoms with Gasteiger partial charge in [0.2, 0.25) is 0 Å². The van der Waals surface area contributed by atoms with E-state index in [-0.39, 0.29) is 25.6 Å². The highest BCUT2D eigenvalue weighted by atomic mass is 32.3. The lowest BCUT2D eigenvalue weighted by molar-refractivity contribution is -0.0154. The quantitative estimate of drug-likeness (QED) is 0.182. The van der Waals surface area contributed by atoms with Crippen molar-refractivity contribution < 1.29 is 27.0 Å². The first-order valence-corrected chi connectivity index (χ1v) is 13.9. The minimum atomic E-state index is -4.11.